The highest BCUT2D eigenvalue weighted by Gasteiger charge is 2.25. The monoisotopic (exact) mass is 445 g/mol. The van der Waals surface area contributed by atoms with E-state index in [9.17, 15) is 19.7 Å². The number of aromatic nitrogens is 4. The summed E-state index contributed by atoms with van der Waals surface area (Å²) < 4.78 is 0. The van der Waals surface area contributed by atoms with Crippen LogP contribution < -0.4 is 0 Å². The van der Waals surface area contributed by atoms with Gasteiger partial charge >= 0.3 is 0 Å². The molecule has 0 amide bonds. The van der Waals surface area contributed by atoms with Crippen LogP contribution in [-0.4, -0.2) is 36.4 Å². The maximum Gasteiger partial charge on any atom is 0.271 e. The van der Waals surface area contributed by atoms with E-state index in [-0.39, 0.29) is 17.3 Å². The lowest BCUT2D eigenvalue weighted by atomic mass is 10.0. The Bertz CT molecular complexity index is 1490. The molecule has 1 aromatic carbocycles. The second-order valence-electron chi connectivity index (χ2n) is 8.21. The SMILES string of the molecule is CC(=O)c1c(C)[nH]c(-c2nc3ccc([N+](=O)[O-])cc3nc2-c2[nH]c(C)c(C(C)=O)c2C)c1C. The van der Waals surface area contributed by atoms with Crippen molar-refractivity contribution in [2.45, 2.75) is 41.5 Å². The fraction of sp³-hybridized carbons (Fsp3) is 0.250. The standard InChI is InChI=1S/C24H23N5O4/c1-10-19(14(5)30)12(3)25-21(10)23-24(22-11(2)20(15(6)31)13(4)26-22)28-18-9-16(29(32)33)7-8-17(18)27-23/h7-9,25-26H,1-6H3. The minimum atomic E-state index is -0.482. The van der Waals surface area contributed by atoms with Crippen LogP contribution in [0.15, 0.2) is 18.2 Å². The van der Waals surface area contributed by atoms with Gasteiger partial charge in [-0.2, -0.15) is 0 Å². The molecule has 0 unspecified atom stereocenters. The Morgan fingerprint density at radius 3 is 1.67 bits per heavy atom. The van der Waals surface area contributed by atoms with Crippen molar-refractivity contribution in [2.75, 3.05) is 0 Å². The molecule has 0 aliphatic rings. The molecule has 0 bridgehead atoms. The average Bonchev–Trinajstić information content (AvgIpc) is 3.20. The van der Waals surface area contributed by atoms with Gasteiger partial charge in [-0.1, -0.05) is 0 Å². The van der Waals surface area contributed by atoms with E-state index in [1.807, 2.05) is 27.7 Å². The average molecular weight is 445 g/mol. The van der Waals surface area contributed by atoms with E-state index in [1.54, 1.807) is 6.07 Å². The molecule has 2 N–H and O–H groups in total. The van der Waals surface area contributed by atoms with Gasteiger partial charge in [0.25, 0.3) is 5.69 Å². The molecule has 3 heterocycles. The molecule has 33 heavy (non-hydrogen) atoms. The lowest BCUT2D eigenvalue weighted by Crippen LogP contribution is -2.00. The molecule has 168 valence electrons. The van der Waals surface area contributed by atoms with E-state index in [2.05, 4.69) is 9.97 Å². The van der Waals surface area contributed by atoms with Crippen LogP contribution in [0.5, 0.6) is 0 Å². The minimum absolute atomic E-state index is 0.0656. The third-order valence-electron chi connectivity index (χ3n) is 5.91. The number of Topliss-reactive ketones (excluding diaryl/α,β-unsaturated/α-hetero) is 2. The largest absolute Gasteiger partial charge is 0.356 e. The number of nitrogens with one attached hydrogen (secondary N) is 2. The van der Waals surface area contributed by atoms with Crippen LogP contribution in [0.3, 0.4) is 0 Å². The van der Waals surface area contributed by atoms with Crippen LogP contribution in [-0.2, 0) is 0 Å². The van der Waals surface area contributed by atoms with Gasteiger partial charge in [-0.3, -0.25) is 19.7 Å². The number of ketones is 2. The number of hydrogen-bond donors (Lipinski definition) is 2. The van der Waals surface area contributed by atoms with Gasteiger partial charge in [0.15, 0.2) is 11.6 Å². The van der Waals surface area contributed by atoms with Crippen molar-refractivity contribution in [3.05, 3.63) is 62.0 Å². The number of carbonyl (C=O) groups is 2. The fourth-order valence-electron chi connectivity index (χ4n) is 4.53. The summed E-state index contributed by atoms with van der Waals surface area (Å²) in [5.74, 6) is -0.145. The Kier molecular flexibility index (Phi) is 5.20. The predicted octanol–water partition coefficient (Wildman–Crippen LogP) is 5.17. The number of nitro benzene ring substituents is 1. The summed E-state index contributed by atoms with van der Waals surface area (Å²) in [6, 6.07) is 4.31. The van der Waals surface area contributed by atoms with E-state index in [1.165, 1.54) is 26.0 Å². The summed E-state index contributed by atoms with van der Waals surface area (Å²) in [4.78, 5) is 51.3. The number of non-ortho nitro benzene ring substituents is 1. The summed E-state index contributed by atoms with van der Waals surface area (Å²) in [5.41, 5.74) is 6.94. The molecular formula is C24H23N5O4. The van der Waals surface area contributed by atoms with Gasteiger partial charge in [-0.05, 0) is 58.7 Å². The molecule has 3 aromatic heterocycles. The number of aryl methyl sites for hydroxylation is 2. The highest BCUT2D eigenvalue weighted by Crippen LogP contribution is 2.37. The lowest BCUT2D eigenvalue weighted by molar-refractivity contribution is -0.384. The Morgan fingerprint density at radius 2 is 1.27 bits per heavy atom. The van der Waals surface area contributed by atoms with Gasteiger partial charge in [0.05, 0.1) is 27.3 Å². The molecule has 0 saturated heterocycles. The van der Waals surface area contributed by atoms with Crippen LogP contribution in [0.25, 0.3) is 33.8 Å². The van der Waals surface area contributed by atoms with Crippen molar-refractivity contribution < 1.29 is 14.5 Å². The van der Waals surface area contributed by atoms with Crippen molar-refractivity contribution >= 4 is 28.3 Å². The number of benzene rings is 1. The van der Waals surface area contributed by atoms with Crippen LogP contribution >= 0.6 is 0 Å². The molecule has 0 aliphatic heterocycles. The maximum atomic E-state index is 12.2. The number of nitrogens with zero attached hydrogens (tertiary/aromatic N) is 3. The third-order valence-corrected chi connectivity index (χ3v) is 5.91. The summed E-state index contributed by atoms with van der Waals surface area (Å²) in [6.45, 7) is 10.3. The zero-order chi connectivity index (χ0) is 24.2. The van der Waals surface area contributed by atoms with Crippen molar-refractivity contribution in [2.24, 2.45) is 0 Å². The van der Waals surface area contributed by atoms with Gasteiger partial charge in [0.2, 0.25) is 0 Å². The first-order valence-electron chi connectivity index (χ1n) is 10.4. The van der Waals surface area contributed by atoms with Crippen molar-refractivity contribution in [3.63, 3.8) is 0 Å². The lowest BCUT2D eigenvalue weighted by Gasteiger charge is -2.10. The molecule has 0 aliphatic carbocycles. The molecule has 4 rings (SSSR count). The van der Waals surface area contributed by atoms with E-state index >= 15 is 0 Å². The third kappa shape index (κ3) is 3.51. The molecule has 0 saturated carbocycles. The normalized spacial score (nSPS) is 11.2. The van der Waals surface area contributed by atoms with Crippen LogP contribution in [0.2, 0.25) is 0 Å². The number of H-pyrrole nitrogens is 2. The minimum Gasteiger partial charge on any atom is -0.356 e. The van der Waals surface area contributed by atoms with Crippen molar-refractivity contribution in [3.8, 4) is 22.8 Å². The number of fused-ring (bicyclic) bond motifs is 1. The first kappa shape index (κ1) is 22.1. The van der Waals surface area contributed by atoms with Crippen LogP contribution in [0, 0.1) is 37.8 Å². The quantitative estimate of drug-likeness (QED) is 0.247. The van der Waals surface area contributed by atoms with Gasteiger partial charge in [-0.25, -0.2) is 9.97 Å². The van der Waals surface area contributed by atoms with E-state index in [0.717, 1.165) is 11.3 Å². The zero-order valence-corrected chi connectivity index (χ0v) is 19.2. The van der Waals surface area contributed by atoms with Crippen LogP contribution in [0.1, 0.15) is 57.1 Å². The number of nitro groups is 1. The summed E-state index contributed by atoms with van der Waals surface area (Å²) in [7, 11) is 0. The van der Waals surface area contributed by atoms with Gasteiger partial charge in [0, 0.05) is 34.6 Å². The smallest absolute Gasteiger partial charge is 0.271 e. The summed E-state index contributed by atoms with van der Waals surface area (Å²) in [6.07, 6.45) is 0. The van der Waals surface area contributed by atoms with E-state index in [0.29, 0.717) is 56.2 Å². The zero-order valence-electron chi connectivity index (χ0n) is 19.2. The summed E-state index contributed by atoms with van der Waals surface area (Å²) in [5, 5.41) is 11.3. The predicted molar refractivity (Wildman–Crippen MR) is 125 cm³/mol. The molecule has 9 nitrogen and oxygen atoms in total. The van der Waals surface area contributed by atoms with Gasteiger partial charge < -0.3 is 9.97 Å². The number of aromatic amines is 2. The van der Waals surface area contributed by atoms with Gasteiger partial charge in [0.1, 0.15) is 11.4 Å². The Morgan fingerprint density at radius 1 is 0.818 bits per heavy atom. The number of carbonyl (C=O) groups excluding carboxylic acids is 2. The van der Waals surface area contributed by atoms with E-state index in [4.69, 9.17) is 9.97 Å². The fourth-order valence-corrected chi connectivity index (χ4v) is 4.53. The molecule has 9 heteroatoms. The first-order valence-corrected chi connectivity index (χ1v) is 10.4. The topological polar surface area (TPSA) is 135 Å². The molecule has 0 fully saturated rings. The molecular weight excluding hydrogens is 422 g/mol. The molecule has 0 spiro atoms. The van der Waals surface area contributed by atoms with Crippen molar-refractivity contribution in [1.29, 1.82) is 0 Å². The maximum absolute atomic E-state index is 12.2. The highest BCUT2D eigenvalue weighted by atomic mass is 16.6. The Hall–Kier alpha value is -4.14. The van der Waals surface area contributed by atoms with E-state index < -0.39 is 4.92 Å². The summed E-state index contributed by atoms with van der Waals surface area (Å²) >= 11 is 0. The Labute approximate surface area is 189 Å². The molecule has 0 radical (unpaired) electrons. The molecule has 0 atom stereocenters. The number of hydrogen-bond acceptors (Lipinski definition) is 6. The Balaban J connectivity index is 2.11. The first-order chi connectivity index (χ1) is 15.5. The van der Waals surface area contributed by atoms with Crippen molar-refractivity contribution in [1.82, 2.24) is 19.9 Å². The van der Waals surface area contributed by atoms with Crippen LogP contribution in [0.4, 0.5) is 5.69 Å². The number of rotatable bonds is 5. The highest BCUT2D eigenvalue weighted by molar-refractivity contribution is 6.01. The van der Waals surface area contributed by atoms with Gasteiger partial charge in [-0.15, -0.1) is 0 Å². The molecule has 4 aromatic rings. The second kappa shape index (κ2) is 7.77. The second-order valence-corrected chi connectivity index (χ2v) is 8.21.